The molecule has 4 nitrogen and oxygen atoms in total. The van der Waals surface area contributed by atoms with E-state index in [1.165, 1.54) is 11.3 Å². The fourth-order valence-electron chi connectivity index (χ4n) is 2.96. The number of aliphatic hydroxyl groups is 1. The molecule has 23 heavy (non-hydrogen) atoms. The van der Waals surface area contributed by atoms with Crippen molar-refractivity contribution in [2.45, 2.75) is 39.2 Å². The molecule has 0 spiro atoms. The molecule has 5 heteroatoms. The average Bonchev–Trinajstić information content (AvgIpc) is 2.54. The molecular formula is C18H28ClN3O. The van der Waals surface area contributed by atoms with Crippen LogP contribution in [0, 0.1) is 0 Å². The molecule has 0 saturated carbocycles. The van der Waals surface area contributed by atoms with Crippen molar-refractivity contribution in [3.63, 3.8) is 0 Å². The van der Waals surface area contributed by atoms with Gasteiger partial charge in [-0.15, -0.1) is 0 Å². The van der Waals surface area contributed by atoms with Gasteiger partial charge in [-0.2, -0.15) is 0 Å². The van der Waals surface area contributed by atoms with Crippen molar-refractivity contribution in [2.24, 2.45) is 0 Å². The topological polar surface area (TPSA) is 47.5 Å². The summed E-state index contributed by atoms with van der Waals surface area (Å²) in [7, 11) is 0. The second-order valence-electron chi connectivity index (χ2n) is 6.07. The Labute approximate surface area is 144 Å². The van der Waals surface area contributed by atoms with Gasteiger partial charge in [0, 0.05) is 40.8 Å². The zero-order valence-corrected chi connectivity index (χ0v) is 14.9. The Morgan fingerprint density at radius 2 is 2.26 bits per heavy atom. The van der Waals surface area contributed by atoms with Crippen LogP contribution in [0.15, 0.2) is 46.4 Å². The minimum absolute atomic E-state index is 0.237. The van der Waals surface area contributed by atoms with E-state index in [1.54, 1.807) is 0 Å². The van der Waals surface area contributed by atoms with Gasteiger partial charge in [0.05, 0.1) is 6.61 Å². The number of aliphatic hydroxyl groups excluding tert-OH is 1. The van der Waals surface area contributed by atoms with Crippen LogP contribution in [0.4, 0.5) is 0 Å². The highest BCUT2D eigenvalue weighted by atomic mass is 35.5. The summed E-state index contributed by atoms with van der Waals surface area (Å²) in [4.78, 5) is 2.29. The fourth-order valence-corrected chi connectivity index (χ4v) is 3.14. The highest BCUT2D eigenvalue weighted by Gasteiger charge is 2.17. The standard InChI is InChI=1S/C18H28ClN3O/c1-3-22(11-12-23)10-4-5-14(2)21-17-8-9-20-18-13-15(19)6-7-16(17)18/h6,8-9,13-14,20-21,23H,3-5,7,10-12H2,1-2H3/t14-/m1/s1. The molecule has 0 unspecified atom stereocenters. The lowest BCUT2D eigenvalue weighted by Gasteiger charge is -2.26. The molecule has 128 valence electrons. The third kappa shape index (κ3) is 5.41. The van der Waals surface area contributed by atoms with Crippen molar-refractivity contribution >= 4 is 11.6 Å². The Morgan fingerprint density at radius 1 is 1.43 bits per heavy atom. The number of dihydropyridines is 1. The fraction of sp³-hybridized carbons (Fsp3) is 0.556. The van der Waals surface area contributed by atoms with Crippen molar-refractivity contribution in [2.75, 3.05) is 26.2 Å². The van der Waals surface area contributed by atoms with Crippen LogP contribution in [-0.4, -0.2) is 42.3 Å². The second-order valence-corrected chi connectivity index (χ2v) is 6.50. The van der Waals surface area contributed by atoms with Gasteiger partial charge in [0.25, 0.3) is 0 Å². The van der Waals surface area contributed by atoms with Crippen LogP contribution < -0.4 is 10.6 Å². The first-order chi connectivity index (χ1) is 11.1. The summed E-state index contributed by atoms with van der Waals surface area (Å²) in [6.07, 6.45) is 11.2. The zero-order chi connectivity index (χ0) is 16.7. The highest BCUT2D eigenvalue weighted by Crippen LogP contribution is 2.28. The summed E-state index contributed by atoms with van der Waals surface area (Å²) in [6.45, 7) is 7.40. The van der Waals surface area contributed by atoms with Gasteiger partial charge in [-0.05, 0) is 51.4 Å². The lowest BCUT2D eigenvalue weighted by molar-refractivity contribution is 0.198. The van der Waals surface area contributed by atoms with E-state index >= 15 is 0 Å². The molecule has 1 heterocycles. The maximum atomic E-state index is 9.03. The third-order valence-corrected chi connectivity index (χ3v) is 4.56. The summed E-state index contributed by atoms with van der Waals surface area (Å²) in [5.74, 6) is 0. The van der Waals surface area contributed by atoms with Crippen LogP contribution in [0.5, 0.6) is 0 Å². The third-order valence-electron chi connectivity index (χ3n) is 4.30. The number of rotatable bonds is 9. The quantitative estimate of drug-likeness (QED) is 0.605. The number of hydrogen-bond acceptors (Lipinski definition) is 4. The van der Waals surface area contributed by atoms with Gasteiger partial charge in [-0.3, -0.25) is 0 Å². The van der Waals surface area contributed by atoms with E-state index in [1.807, 2.05) is 18.4 Å². The molecule has 0 radical (unpaired) electrons. The monoisotopic (exact) mass is 337 g/mol. The number of likely N-dealkylation sites (N-methyl/N-ethyl adjacent to an activating group) is 1. The zero-order valence-electron chi connectivity index (χ0n) is 14.1. The van der Waals surface area contributed by atoms with Crippen LogP contribution in [0.2, 0.25) is 0 Å². The SMILES string of the molecule is CCN(CCO)CCC[C@@H](C)NC1=C2CC=C(Cl)C=C2NC=C1. The summed E-state index contributed by atoms with van der Waals surface area (Å²) in [5.41, 5.74) is 3.56. The first-order valence-corrected chi connectivity index (χ1v) is 8.85. The van der Waals surface area contributed by atoms with Gasteiger partial charge in [0.15, 0.2) is 0 Å². The highest BCUT2D eigenvalue weighted by molar-refractivity contribution is 6.31. The maximum Gasteiger partial charge on any atom is 0.0558 e. The summed E-state index contributed by atoms with van der Waals surface area (Å²) < 4.78 is 0. The minimum atomic E-state index is 0.237. The Morgan fingerprint density at radius 3 is 3.00 bits per heavy atom. The van der Waals surface area contributed by atoms with Crippen LogP contribution >= 0.6 is 11.6 Å². The van der Waals surface area contributed by atoms with Gasteiger partial charge in [0.2, 0.25) is 0 Å². The van der Waals surface area contributed by atoms with Crippen LogP contribution in [0.1, 0.15) is 33.1 Å². The Kier molecular flexibility index (Phi) is 7.21. The normalized spacial score (nSPS) is 18.3. The first kappa shape index (κ1) is 18.1. The number of hydrogen-bond donors (Lipinski definition) is 3. The summed E-state index contributed by atoms with van der Waals surface area (Å²) in [6, 6.07) is 0.413. The predicted molar refractivity (Wildman–Crippen MR) is 97.0 cm³/mol. The molecule has 0 aromatic rings. The van der Waals surface area contributed by atoms with Crippen molar-refractivity contribution in [1.29, 1.82) is 0 Å². The average molecular weight is 338 g/mol. The molecule has 1 atom stereocenters. The van der Waals surface area contributed by atoms with Crippen molar-refractivity contribution in [3.05, 3.63) is 46.4 Å². The molecule has 0 aromatic carbocycles. The minimum Gasteiger partial charge on any atom is -0.395 e. The molecule has 1 aliphatic heterocycles. The molecule has 0 fully saturated rings. The smallest absolute Gasteiger partial charge is 0.0558 e. The van der Waals surface area contributed by atoms with Gasteiger partial charge < -0.3 is 20.6 Å². The molecule has 2 rings (SSSR count). The van der Waals surface area contributed by atoms with E-state index in [0.29, 0.717) is 6.04 Å². The summed E-state index contributed by atoms with van der Waals surface area (Å²) in [5, 5.41) is 16.7. The van der Waals surface area contributed by atoms with Crippen molar-refractivity contribution in [1.82, 2.24) is 15.5 Å². The van der Waals surface area contributed by atoms with Crippen LogP contribution in [0.3, 0.4) is 0 Å². The Balaban J connectivity index is 1.84. The Bertz CT molecular complexity index is 522. The van der Waals surface area contributed by atoms with Gasteiger partial charge in [-0.25, -0.2) is 0 Å². The van der Waals surface area contributed by atoms with Gasteiger partial charge in [0.1, 0.15) is 0 Å². The summed E-state index contributed by atoms with van der Waals surface area (Å²) >= 11 is 6.08. The molecule has 0 amide bonds. The molecule has 0 saturated heterocycles. The van der Waals surface area contributed by atoms with E-state index < -0.39 is 0 Å². The van der Waals surface area contributed by atoms with Gasteiger partial charge >= 0.3 is 0 Å². The van der Waals surface area contributed by atoms with E-state index in [9.17, 15) is 0 Å². The van der Waals surface area contributed by atoms with Crippen molar-refractivity contribution in [3.8, 4) is 0 Å². The molecule has 2 aliphatic rings. The molecule has 3 N–H and O–H groups in total. The number of nitrogens with zero attached hydrogens (tertiary/aromatic N) is 1. The molecule has 0 aromatic heterocycles. The second kappa shape index (κ2) is 9.16. The maximum absolute atomic E-state index is 9.03. The lowest BCUT2D eigenvalue weighted by Crippen LogP contribution is -2.31. The largest absolute Gasteiger partial charge is 0.395 e. The predicted octanol–water partition coefficient (Wildman–Crippen LogP) is 2.84. The first-order valence-electron chi connectivity index (χ1n) is 8.47. The number of allylic oxidation sites excluding steroid dienone is 5. The van der Waals surface area contributed by atoms with E-state index in [2.05, 4.69) is 35.5 Å². The van der Waals surface area contributed by atoms with E-state index in [4.69, 9.17) is 16.7 Å². The molecule has 1 aliphatic carbocycles. The number of halogens is 1. The van der Waals surface area contributed by atoms with Crippen LogP contribution in [0.25, 0.3) is 0 Å². The number of fused-ring (bicyclic) bond motifs is 1. The molecular weight excluding hydrogens is 310 g/mol. The van der Waals surface area contributed by atoms with Crippen LogP contribution in [-0.2, 0) is 0 Å². The van der Waals surface area contributed by atoms with E-state index in [0.717, 1.165) is 49.6 Å². The van der Waals surface area contributed by atoms with Crippen molar-refractivity contribution < 1.29 is 5.11 Å². The van der Waals surface area contributed by atoms with E-state index in [-0.39, 0.29) is 6.61 Å². The van der Waals surface area contributed by atoms with Gasteiger partial charge in [-0.1, -0.05) is 24.6 Å². The lowest BCUT2D eigenvalue weighted by atomic mass is 9.98. The number of nitrogens with one attached hydrogen (secondary N) is 2. The molecule has 0 bridgehead atoms. The Hall–Kier alpha value is -1.23.